The molecule has 1 N–H and O–H groups in total. The maximum Gasteiger partial charge on any atom is 0.407 e. The normalized spacial score (nSPS) is 21.0. The first kappa shape index (κ1) is 14.6. The molecule has 2 atom stereocenters. The minimum absolute atomic E-state index is 0.0508. The Bertz CT molecular complexity index is 482. The number of carbonyl (C=O) groups is 1. The molecule has 1 aromatic heterocycles. The van der Waals surface area contributed by atoms with Gasteiger partial charge < -0.3 is 14.8 Å². The lowest BCUT2D eigenvalue weighted by Gasteiger charge is -2.22. The van der Waals surface area contributed by atoms with Crippen LogP contribution in [0.15, 0.2) is 18.3 Å². The Morgan fingerprint density at radius 2 is 2.25 bits per heavy atom. The zero-order valence-corrected chi connectivity index (χ0v) is 12.5. The van der Waals surface area contributed by atoms with Crippen molar-refractivity contribution in [1.82, 2.24) is 10.3 Å². The van der Waals surface area contributed by atoms with Crippen LogP contribution in [0, 0.1) is 0 Å². The second-order valence-corrected chi connectivity index (χ2v) is 5.94. The molecule has 2 heterocycles. The highest BCUT2D eigenvalue weighted by Gasteiger charge is 2.34. The van der Waals surface area contributed by atoms with E-state index >= 15 is 0 Å². The molecule has 0 aromatic carbocycles. The smallest absolute Gasteiger partial charge is 0.407 e. The molecule has 0 spiro atoms. The number of hydrogen-bond acceptors (Lipinski definition) is 4. The predicted molar refractivity (Wildman–Crippen MR) is 75.9 cm³/mol. The van der Waals surface area contributed by atoms with Crippen molar-refractivity contribution in [2.75, 3.05) is 6.54 Å². The molecule has 0 unspecified atom stereocenters. The van der Waals surface area contributed by atoms with E-state index in [-0.39, 0.29) is 12.0 Å². The average molecular weight is 278 g/mol. The van der Waals surface area contributed by atoms with Crippen molar-refractivity contribution in [1.29, 1.82) is 0 Å². The molecule has 20 heavy (non-hydrogen) atoms. The largest absolute Gasteiger partial charge is 0.488 e. The molecule has 0 bridgehead atoms. The van der Waals surface area contributed by atoms with Gasteiger partial charge in [0.25, 0.3) is 0 Å². The summed E-state index contributed by atoms with van der Waals surface area (Å²) in [6.07, 6.45) is 2.27. The fourth-order valence-corrected chi connectivity index (χ4v) is 2.31. The SMILES string of the molecule is CC[C@H]1Oc2cccnc2[C@@H]1CNC(=O)OC(C)(C)C. The van der Waals surface area contributed by atoms with E-state index < -0.39 is 11.7 Å². The maximum absolute atomic E-state index is 11.7. The number of aromatic nitrogens is 1. The highest BCUT2D eigenvalue weighted by Crippen LogP contribution is 2.37. The molecule has 0 radical (unpaired) electrons. The van der Waals surface area contributed by atoms with Crippen LogP contribution in [0.1, 0.15) is 45.7 Å². The van der Waals surface area contributed by atoms with Crippen LogP contribution in [-0.4, -0.2) is 29.3 Å². The molecule has 0 aliphatic carbocycles. The molecular formula is C15H22N2O3. The van der Waals surface area contributed by atoms with E-state index in [9.17, 15) is 4.79 Å². The van der Waals surface area contributed by atoms with Gasteiger partial charge in [-0.05, 0) is 39.3 Å². The molecule has 1 amide bonds. The van der Waals surface area contributed by atoms with E-state index in [2.05, 4.69) is 17.2 Å². The van der Waals surface area contributed by atoms with Gasteiger partial charge in [-0.25, -0.2) is 4.79 Å². The Labute approximate surface area is 119 Å². The molecule has 0 saturated heterocycles. The number of hydrogen-bond donors (Lipinski definition) is 1. The van der Waals surface area contributed by atoms with Gasteiger partial charge in [0.05, 0.1) is 11.6 Å². The molecule has 2 rings (SSSR count). The van der Waals surface area contributed by atoms with E-state index in [0.29, 0.717) is 6.54 Å². The molecule has 1 aliphatic heterocycles. The van der Waals surface area contributed by atoms with Crippen molar-refractivity contribution in [2.24, 2.45) is 0 Å². The van der Waals surface area contributed by atoms with Gasteiger partial charge >= 0.3 is 6.09 Å². The van der Waals surface area contributed by atoms with Crippen molar-refractivity contribution < 1.29 is 14.3 Å². The Kier molecular flexibility index (Phi) is 4.16. The number of fused-ring (bicyclic) bond motifs is 1. The second-order valence-electron chi connectivity index (χ2n) is 5.94. The third kappa shape index (κ3) is 3.40. The van der Waals surface area contributed by atoms with Crippen molar-refractivity contribution in [3.05, 3.63) is 24.0 Å². The number of alkyl carbamates (subject to hydrolysis) is 1. The van der Waals surface area contributed by atoms with Crippen LogP contribution in [-0.2, 0) is 4.74 Å². The minimum Gasteiger partial charge on any atom is -0.488 e. The van der Waals surface area contributed by atoms with E-state index in [0.717, 1.165) is 17.9 Å². The summed E-state index contributed by atoms with van der Waals surface area (Å²) in [4.78, 5) is 16.1. The molecule has 1 aromatic rings. The molecule has 5 heteroatoms. The van der Waals surface area contributed by atoms with Crippen molar-refractivity contribution in [3.8, 4) is 5.75 Å². The Morgan fingerprint density at radius 1 is 1.50 bits per heavy atom. The highest BCUT2D eigenvalue weighted by atomic mass is 16.6. The summed E-state index contributed by atoms with van der Waals surface area (Å²) in [5, 5.41) is 2.81. The quantitative estimate of drug-likeness (QED) is 0.923. The molecule has 1 aliphatic rings. The summed E-state index contributed by atoms with van der Waals surface area (Å²) >= 11 is 0. The Morgan fingerprint density at radius 3 is 2.90 bits per heavy atom. The van der Waals surface area contributed by atoms with Crippen LogP contribution < -0.4 is 10.1 Å². The second kappa shape index (κ2) is 5.69. The lowest BCUT2D eigenvalue weighted by Crippen LogP contribution is -2.37. The van der Waals surface area contributed by atoms with E-state index in [4.69, 9.17) is 9.47 Å². The molecular weight excluding hydrogens is 256 g/mol. The monoisotopic (exact) mass is 278 g/mol. The summed E-state index contributed by atoms with van der Waals surface area (Å²) in [7, 11) is 0. The van der Waals surface area contributed by atoms with Gasteiger partial charge in [0.15, 0.2) is 0 Å². The van der Waals surface area contributed by atoms with Crippen LogP contribution in [0.25, 0.3) is 0 Å². The van der Waals surface area contributed by atoms with Crippen LogP contribution >= 0.6 is 0 Å². The van der Waals surface area contributed by atoms with Gasteiger partial charge in [0, 0.05) is 12.7 Å². The van der Waals surface area contributed by atoms with Gasteiger partial charge in [-0.3, -0.25) is 4.98 Å². The molecule has 5 nitrogen and oxygen atoms in total. The van der Waals surface area contributed by atoms with Gasteiger partial charge in [-0.15, -0.1) is 0 Å². The topological polar surface area (TPSA) is 60.5 Å². The number of amides is 1. The van der Waals surface area contributed by atoms with E-state index in [1.165, 1.54) is 0 Å². The zero-order valence-electron chi connectivity index (χ0n) is 12.5. The van der Waals surface area contributed by atoms with E-state index in [1.807, 2.05) is 32.9 Å². The minimum atomic E-state index is -0.490. The van der Waals surface area contributed by atoms with Gasteiger partial charge in [0.2, 0.25) is 0 Å². The molecule has 0 saturated carbocycles. The van der Waals surface area contributed by atoms with Crippen LogP contribution in [0.4, 0.5) is 4.79 Å². The first-order valence-electron chi connectivity index (χ1n) is 6.99. The number of nitrogens with one attached hydrogen (secondary N) is 1. The van der Waals surface area contributed by atoms with Crippen LogP contribution in [0.5, 0.6) is 5.75 Å². The third-order valence-corrected chi connectivity index (χ3v) is 3.15. The summed E-state index contributed by atoms with van der Waals surface area (Å²) < 4.78 is 11.1. The van der Waals surface area contributed by atoms with Crippen molar-refractivity contribution in [2.45, 2.75) is 51.7 Å². The highest BCUT2D eigenvalue weighted by molar-refractivity contribution is 5.67. The number of rotatable bonds is 3. The maximum atomic E-state index is 11.7. The first-order chi connectivity index (χ1) is 9.40. The summed E-state index contributed by atoms with van der Waals surface area (Å²) in [6.45, 7) is 8.07. The Hall–Kier alpha value is -1.78. The van der Waals surface area contributed by atoms with Crippen molar-refractivity contribution >= 4 is 6.09 Å². The fraction of sp³-hybridized carbons (Fsp3) is 0.600. The van der Waals surface area contributed by atoms with Crippen molar-refractivity contribution in [3.63, 3.8) is 0 Å². The number of ether oxygens (including phenoxy) is 2. The van der Waals surface area contributed by atoms with Gasteiger partial charge in [-0.1, -0.05) is 6.92 Å². The number of nitrogens with zero attached hydrogens (tertiary/aromatic N) is 1. The van der Waals surface area contributed by atoms with E-state index in [1.54, 1.807) is 6.20 Å². The third-order valence-electron chi connectivity index (χ3n) is 3.15. The summed E-state index contributed by atoms with van der Waals surface area (Å²) in [5.41, 5.74) is 0.423. The van der Waals surface area contributed by atoms with Gasteiger partial charge in [-0.2, -0.15) is 0 Å². The average Bonchev–Trinajstić information content (AvgIpc) is 2.72. The summed E-state index contributed by atoms with van der Waals surface area (Å²) in [6, 6.07) is 3.77. The first-order valence-corrected chi connectivity index (χ1v) is 6.99. The number of pyridine rings is 1. The van der Waals surface area contributed by atoms with Crippen LogP contribution in [0.3, 0.4) is 0 Å². The summed E-state index contributed by atoms with van der Waals surface area (Å²) in [5.74, 6) is 0.888. The van der Waals surface area contributed by atoms with Gasteiger partial charge in [0.1, 0.15) is 17.5 Å². The lowest BCUT2D eigenvalue weighted by molar-refractivity contribution is 0.0518. The van der Waals surface area contributed by atoms with Crippen LogP contribution in [0.2, 0.25) is 0 Å². The standard InChI is InChI=1S/C15H22N2O3/c1-5-11-10(9-17-14(18)20-15(2,3)4)13-12(19-11)7-6-8-16-13/h6-8,10-11H,5,9H2,1-4H3,(H,17,18)/t10-,11-/m1/s1. The molecule has 0 fully saturated rings. The zero-order chi connectivity index (χ0) is 14.8. The lowest BCUT2D eigenvalue weighted by atomic mass is 9.98. The predicted octanol–water partition coefficient (Wildman–Crippen LogP) is 2.86. The molecule has 110 valence electrons. The Balaban J connectivity index is 1.99. The number of carbonyl (C=O) groups excluding carboxylic acids is 1. The fourth-order valence-electron chi connectivity index (χ4n) is 2.31.